The molecule has 1 fully saturated rings. The summed E-state index contributed by atoms with van der Waals surface area (Å²) in [5, 5.41) is 10.6. The van der Waals surface area contributed by atoms with Gasteiger partial charge in [-0.3, -0.25) is 9.59 Å². The van der Waals surface area contributed by atoms with Crippen molar-refractivity contribution in [2.45, 2.75) is 25.4 Å². The number of hydrogen-bond donors (Lipinski definition) is 1. The molecule has 0 aromatic carbocycles. The Kier molecular flexibility index (Phi) is 5.56. The number of thiophene rings is 1. The van der Waals surface area contributed by atoms with Gasteiger partial charge in [0, 0.05) is 24.2 Å². The molecule has 0 bridgehead atoms. The molecule has 2 heterocycles. The van der Waals surface area contributed by atoms with Crippen molar-refractivity contribution < 1.29 is 19.4 Å². The predicted molar refractivity (Wildman–Crippen MR) is 79.1 cm³/mol. The molecule has 20 heavy (non-hydrogen) atoms. The highest BCUT2D eigenvalue weighted by molar-refractivity contribution is 9.10. The molecule has 1 N–H and O–H groups in total. The summed E-state index contributed by atoms with van der Waals surface area (Å²) in [6.45, 7) is 1.38. The van der Waals surface area contributed by atoms with Crippen LogP contribution in [-0.2, 0) is 9.53 Å². The van der Waals surface area contributed by atoms with E-state index in [2.05, 4.69) is 15.9 Å². The van der Waals surface area contributed by atoms with Crippen LogP contribution in [0.4, 0.5) is 0 Å². The van der Waals surface area contributed by atoms with E-state index in [1.807, 2.05) is 11.4 Å². The lowest BCUT2D eigenvalue weighted by molar-refractivity contribution is -0.137. The Labute approximate surface area is 129 Å². The van der Waals surface area contributed by atoms with Crippen LogP contribution >= 0.6 is 27.3 Å². The number of amides is 1. The normalized spacial score (nSPS) is 18.1. The maximum Gasteiger partial charge on any atom is 0.305 e. The van der Waals surface area contributed by atoms with Crippen LogP contribution < -0.4 is 0 Å². The summed E-state index contributed by atoms with van der Waals surface area (Å²) in [4.78, 5) is 25.4. The molecule has 0 unspecified atom stereocenters. The molecule has 1 amide bonds. The summed E-state index contributed by atoms with van der Waals surface area (Å²) in [6.07, 6.45) is 1.88. The van der Waals surface area contributed by atoms with Crippen molar-refractivity contribution in [3.8, 4) is 0 Å². The van der Waals surface area contributed by atoms with Crippen molar-refractivity contribution in [1.29, 1.82) is 0 Å². The summed E-state index contributed by atoms with van der Waals surface area (Å²) < 4.78 is 6.29. The van der Waals surface area contributed by atoms with Crippen LogP contribution in [0, 0.1) is 0 Å². The zero-order valence-electron chi connectivity index (χ0n) is 10.9. The Morgan fingerprint density at radius 1 is 1.55 bits per heavy atom. The molecular formula is C13H16BrNO4S. The molecule has 0 saturated carbocycles. The number of carbonyl (C=O) groups excluding carboxylic acids is 1. The maximum absolute atomic E-state index is 12.5. The number of carboxylic acids is 1. The van der Waals surface area contributed by atoms with E-state index < -0.39 is 5.97 Å². The van der Waals surface area contributed by atoms with E-state index in [-0.39, 0.29) is 25.0 Å². The Morgan fingerprint density at radius 3 is 2.90 bits per heavy atom. The molecule has 1 atom stereocenters. The van der Waals surface area contributed by atoms with E-state index in [4.69, 9.17) is 9.84 Å². The molecule has 5 nitrogen and oxygen atoms in total. The third-order valence-electron chi connectivity index (χ3n) is 3.14. The third-order valence-corrected chi connectivity index (χ3v) is 4.97. The van der Waals surface area contributed by atoms with E-state index in [0.29, 0.717) is 18.0 Å². The van der Waals surface area contributed by atoms with Gasteiger partial charge in [-0.15, -0.1) is 11.3 Å². The molecule has 0 aliphatic carbocycles. The molecule has 1 aliphatic rings. The zero-order chi connectivity index (χ0) is 14.5. The molecule has 0 radical (unpaired) electrons. The topological polar surface area (TPSA) is 66.8 Å². The van der Waals surface area contributed by atoms with Crippen LogP contribution in [0.3, 0.4) is 0 Å². The van der Waals surface area contributed by atoms with Gasteiger partial charge in [-0.1, -0.05) is 0 Å². The average Bonchev–Trinajstić information content (AvgIpc) is 3.04. The SMILES string of the molecule is O=C(O)CCN(C[C@H]1CCCO1)C(=O)c1sccc1Br. The van der Waals surface area contributed by atoms with Gasteiger partial charge in [0.2, 0.25) is 0 Å². The van der Waals surface area contributed by atoms with Gasteiger partial charge in [-0.25, -0.2) is 0 Å². The van der Waals surface area contributed by atoms with Gasteiger partial charge in [-0.05, 0) is 40.2 Å². The lowest BCUT2D eigenvalue weighted by Gasteiger charge is -2.24. The Hall–Kier alpha value is -0.920. The van der Waals surface area contributed by atoms with Gasteiger partial charge in [0.15, 0.2) is 0 Å². The number of aliphatic carboxylic acids is 1. The molecule has 2 rings (SSSR count). The van der Waals surface area contributed by atoms with Crippen molar-refractivity contribution in [2.75, 3.05) is 19.7 Å². The van der Waals surface area contributed by atoms with Crippen LogP contribution in [-0.4, -0.2) is 47.7 Å². The predicted octanol–water partition coefficient (Wildman–Crippen LogP) is 2.61. The summed E-state index contributed by atoms with van der Waals surface area (Å²) in [5.41, 5.74) is 0. The summed E-state index contributed by atoms with van der Waals surface area (Å²) in [7, 11) is 0. The minimum absolute atomic E-state index is 0.0199. The minimum Gasteiger partial charge on any atom is -0.481 e. The van der Waals surface area contributed by atoms with Crippen LogP contribution in [0.25, 0.3) is 0 Å². The highest BCUT2D eigenvalue weighted by Gasteiger charge is 2.25. The fourth-order valence-electron chi connectivity index (χ4n) is 2.13. The van der Waals surface area contributed by atoms with E-state index in [9.17, 15) is 9.59 Å². The molecule has 7 heteroatoms. The highest BCUT2D eigenvalue weighted by atomic mass is 79.9. The maximum atomic E-state index is 12.5. The van der Waals surface area contributed by atoms with E-state index in [1.54, 1.807) is 4.90 Å². The first-order valence-corrected chi connectivity index (χ1v) is 8.11. The smallest absolute Gasteiger partial charge is 0.305 e. The Balaban J connectivity index is 2.05. The fourth-order valence-corrected chi connectivity index (χ4v) is 3.64. The molecule has 1 aromatic heterocycles. The van der Waals surface area contributed by atoms with E-state index in [1.165, 1.54) is 11.3 Å². The third kappa shape index (κ3) is 4.04. The summed E-state index contributed by atoms with van der Waals surface area (Å²) in [5.74, 6) is -1.04. The second-order valence-corrected chi connectivity index (χ2v) is 6.40. The highest BCUT2D eigenvalue weighted by Crippen LogP contribution is 2.25. The molecular weight excluding hydrogens is 346 g/mol. The molecule has 110 valence electrons. The van der Waals surface area contributed by atoms with Gasteiger partial charge in [0.25, 0.3) is 5.91 Å². The van der Waals surface area contributed by atoms with Crippen LogP contribution in [0.5, 0.6) is 0 Å². The van der Waals surface area contributed by atoms with Crippen molar-refractivity contribution in [1.82, 2.24) is 4.90 Å². The van der Waals surface area contributed by atoms with Crippen molar-refractivity contribution in [3.05, 3.63) is 20.8 Å². The van der Waals surface area contributed by atoms with Crippen LogP contribution in [0.2, 0.25) is 0 Å². The second kappa shape index (κ2) is 7.19. The number of carbonyl (C=O) groups is 2. The first kappa shape index (κ1) is 15.5. The van der Waals surface area contributed by atoms with Gasteiger partial charge in [0.1, 0.15) is 4.88 Å². The standard InChI is InChI=1S/C13H16BrNO4S/c14-10-4-7-20-12(10)13(18)15(5-3-11(16)17)8-9-2-1-6-19-9/h4,7,9H,1-3,5-6,8H2,(H,16,17)/t9-/m1/s1. The number of hydrogen-bond acceptors (Lipinski definition) is 4. The number of nitrogens with zero attached hydrogens (tertiary/aromatic N) is 1. The monoisotopic (exact) mass is 361 g/mol. The van der Waals surface area contributed by atoms with Gasteiger partial charge < -0.3 is 14.7 Å². The van der Waals surface area contributed by atoms with Gasteiger partial charge >= 0.3 is 5.97 Å². The number of ether oxygens (including phenoxy) is 1. The molecule has 1 aromatic rings. The molecule has 0 spiro atoms. The van der Waals surface area contributed by atoms with Crippen molar-refractivity contribution in [2.24, 2.45) is 0 Å². The van der Waals surface area contributed by atoms with Crippen molar-refractivity contribution in [3.63, 3.8) is 0 Å². The lowest BCUT2D eigenvalue weighted by Crippen LogP contribution is -2.38. The number of carboxylic acid groups (broad SMARTS) is 1. The van der Waals surface area contributed by atoms with Crippen LogP contribution in [0.15, 0.2) is 15.9 Å². The first-order valence-electron chi connectivity index (χ1n) is 6.43. The molecule has 1 aliphatic heterocycles. The second-order valence-electron chi connectivity index (χ2n) is 4.63. The Bertz CT molecular complexity index is 484. The first-order chi connectivity index (χ1) is 9.58. The Morgan fingerprint density at radius 2 is 2.35 bits per heavy atom. The summed E-state index contributed by atoms with van der Waals surface area (Å²) >= 11 is 4.70. The van der Waals surface area contributed by atoms with Gasteiger partial charge in [0.05, 0.1) is 12.5 Å². The number of halogens is 1. The molecule has 1 saturated heterocycles. The zero-order valence-corrected chi connectivity index (χ0v) is 13.3. The largest absolute Gasteiger partial charge is 0.481 e. The van der Waals surface area contributed by atoms with Gasteiger partial charge in [-0.2, -0.15) is 0 Å². The number of rotatable bonds is 6. The lowest BCUT2D eigenvalue weighted by atomic mass is 10.2. The fraction of sp³-hybridized carbons (Fsp3) is 0.538. The minimum atomic E-state index is -0.902. The van der Waals surface area contributed by atoms with Crippen LogP contribution in [0.1, 0.15) is 28.9 Å². The van der Waals surface area contributed by atoms with E-state index in [0.717, 1.165) is 17.3 Å². The van der Waals surface area contributed by atoms with E-state index >= 15 is 0 Å². The van der Waals surface area contributed by atoms with Crippen molar-refractivity contribution >= 4 is 39.1 Å². The average molecular weight is 362 g/mol. The quantitative estimate of drug-likeness (QED) is 0.845. The summed E-state index contributed by atoms with van der Waals surface area (Å²) in [6, 6.07) is 1.82.